The van der Waals surface area contributed by atoms with E-state index < -0.39 is 11.9 Å². The number of nitrogens with one attached hydrogen (secondary N) is 1. The molecule has 0 saturated carbocycles. The van der Waals surface area contributed by atoms with Crippen molar-refractivity contribution in [3.05, 3.63) is 28.8 Å². The van der Waals surface area contributed by atoms with Crippen molar-refractivity contribution in [2.45, 2.75) is 6.04 Å². The van der Waals surface area contributed by atoms with Gasteiger partial charge in [-0.05, 0) is 18.2 Å². The third-order valence-electron chi connectivity index (χ3n) is 2.93. The summed E-state index contributed by atoms with van der Waals surface area (Å²) < 4.78 is 5.11. The van der Waals surface area contributed by atoms with Gasteiger partial charge in [0.2, 0.25) is 5.91 Å². The van der Waals surface area contributed by atoms with E-state index in [1.807, 2.05) is 0 Å². The van der Waals surface area contributed by atoms with Gasteiger partial charge in [-0.1, -0.05) is 11.6 Å². The van der Waals surface area contributed by atoms with Crippen molar-refractivity contribution in [3.63, 3.8) is 0 Å². The van der Waals surface area contributed by atoms with Crippen LogP contribution in [0.15, 0.2) is 18.2 Å². The lowest BCUT2D eigenvalue weighted by Crippen LogP contribution is -2.37. The number of halogens is 1. The summed E-state index contributed by atoms with van der Waals surface area (Å²) in [5.41, 5.74) is 6.15. The molecule has 1 saturated heterocycles. The van der Waals surface area contributed by atoms with Crippen LogP contribution in [0.4, 0.5) is 5.69 Å². The molecule has 2 unspecified atom stereocenters. The summed E-state index contributed by atoms with van der Waals surface area (Å²) in [6.07, 6.45) is 0. The molecule has 0 bridgehead atoms. The fraction of sp³-hybridized carbons (Fsp3) is 0.333. The van der Waals surface area contributed by atoms with Crippen molar-refractivity contribution in [2.24, 2.45) is 11.7 Å². The van der Waals surface area contributed by atoms with Crippen LogP contribution in [-0.4, -0.2) is 36.2 Å². The Kier molecular flexibility index (Phi) is 4.04. The minimum atomic E-state index is -1.12. The molecule has 0 aromatic heterocycles. The molecule has 1 heterocycles. The van der Waals surface area contributed by atoms with Gasteiger partial charge in [0.05, 0.1) is 29.7 Å². The maximum atomic E-state index is 11.9. The van der Waals surface area contributed by atoms with Gasteiger partial charge in [0.15, 0.2) is 0 Å². The van der Waals surface area contributed by atoms with E-state index in [0.29, 0.717) is 12.3 Å². The van der Waals surface area contributed by atoms with E-state index in [1.54, 1.807) is 0 Å². The van der Waals surface area contributed by atoms with Crippen molar-refractivity contribution >= 4 is 29.2 Å². The summed E-state index contributed by atoms with van der Waals surface area (Å²) in [7, 11) is 0. The molecule has 0 aliphatic carbocycles. The third kappa shape index (κ3) is 3.04. The van der Waals surface area contributed by atoms with Gasteiger partial charge >= 0.3 is 5.97 Å². The SMILES string of the molecule is NC1COCC1C(=O)Nc1ccc(C(=O)O)c(Cl)c1. The molecule has 19 heavy (non-hydrogen) atoms. The highest BCUT2D eigenvalue weighted by atomic mass is 35.5. The van der Waals surface area contributed by atoms with Gasteiger partial charge in [0, 0.05) is 11.7 Å². The molecule has 1 fully saturated rings. The zero-order chi connectivity index (χ0) is 14.0. The van der Waals surface area contributed by atoms with Crippen molar-refractivity contribution in [3.8, 4) is 0 Å². The summed E-state index contributed by atoms with van der Waals surface area (Å²) in [6.45, 7) is 0.644. The molecule has 1 aliphatic rings. The molecule has 102 valence electrons. The van der Waals surface area contributed by atoms with Gasteiger partial charge in [-0.15, -0.1) is 0 Å². The molecule has 4 N–H and O–H groups in total. The average Bonchev–Trinajstić information content (AvgIpc) is 2.75. The minimum Gasteiger partial charge on any atom is -0.478 e. The van der Waals surface area contributed by atoms with Crippen molar-refractivity contribution in [2.75, 3.05) is 18.5 Å². The number of carboxylic acid groups (broad SMARTS) is 1. The highest BCUT2D eigenvalue weighted by molar-refractivity contribution is 6.33. The number of carbonyl (C=O) groups excluding carboxylic acids is 1. The number of carbonyl (C=O) groups is 2. The lowest BCUT2D eigenvalue weighted by molar-refractivity contribution is -0.120. The standard InChI is InChI=1S/C12H13ClN2O4/c13-9-3-6(1-2-7(9)12(17)18)15-11(16)8-4-19-5-10(8)14/h1-3,8,10H,4-5,14H2,(H,15,16)(H,17,18). The van der Waals surface area contributed by atoms with Gasteiger partial charge in [-0.2, -0.15) is 0 Å². The lowest BCUT2D eigenvalue weighted by atomic mass is 10.0. The number of nitrogens with two attached hydrogens (primary N) is 1. The van der Waals surface area contributed by atoms with E-state index >= 15 is 0 Å². The van der Waals surface area contributed by atoms with Crippen LogP contribution in [0.25, 0.3) is 0 Å². The topological polar surface area (TPSA) is 102 Å². The van der Waals surface area contributed by atoms with E-state index in [4.69, 9.17) is 27.2 Å². The van der Waals surface area contributed by atoms with Gasteiger partial charge in [-0.3, -0.25) is 4.79 Å². The quantitative estimate of drug-likeness (QED) is 0.767. The van der Waals surface area contributed by atoms with Crippen LogP contribution in [0.2, 0.25) is 5.02 Å². The monoisotopic (exact) mass is 284 g/mol. The molecule has 7 heteroatoms. The van der Waals surface area contributed by atoms with E-state index in [-0.39, 0.29) is 29.1 Å². The highest BCUT2D eigenvalue weighted by Gasteiger charge is 2.31. The molecule has 0 spiro atoms. The highest BCUT2D eigenvalue weighted by Crippen LogP contribution is 2.22. The van der Waals surface area contributed by atoms with Gasteiger partial charge < -0.3 is 20.9 Å². The molecule has 0 radical (unpaired) electrons. The Morgan fingerprint density at radius 1 is 1.42 bits per heavy atom. The Labute approximate surface area is 114 Å². The van der Waals surface area contributed by atoms with E-state index in [0.717, 1.165) is 0 Å². The Bertz CT molecular complexity index is 520. The molecular formula is C12H13ClN2O4. The second-order valence-electron chi connectivity index (χ2n) is 4.30. The van der Waals surface area contributed by atoms with Crippen molar-refractivity contribution in [1.82, 2.24) is 0 Å². The summed E-state index contributed by atoms with van der Waals surface area (Å²) >= 11 is 5.81. The molecule has 1 aliphatic heterocycles. The average molecular weight is 285 g/mol. The first-order valence-corrected chi connectivity index (χ1v) is 6.04. The summed E-state index contributed by atoms with van der Waals surface area (Å²) in [5.74, 6) is -1.78. The summed E-state index contributed by atoms with van der Waals surface area (Å²) in [6, 6.07) is 3.89. The predicted octanol–water partition coefficient (Wildman–Crippen LogP) is 0.950. The Balaban J connectivity index is 2.09. The first kappa shape index (κ1) is 13.8. The predicted molar refractivity (Wildman–Crippen MR) is 69.3 cm³/mol. The van der Waals surface area contributed by atoms with Crippen LogP contribution in [-0.2, 0) is 9.53 Å². The number of anilines is 1. The van der Waals surface area contributed by atoms with Crippen molar-refractivity contribution < 1.29 is 19.4 Å². The Morgan fingerprint density at radius 3 is 2.68 bits per heavy atom. The number of hydrogen-bond acceptors (Lipinski definition) is 4. The van der Waals surface area contributed by atoms with Gasteiger partial charge in [0.25, 0.3) is 0 Å². The second kappa shape index (κ2) is 5.56. The number of ether oxygens (including phenoxy) is 1. The zero-order valence-corrected chi connectivity index (χ0v) is 10.7. The number of benzene rings is 1. The van der Waals surface area contributed by atoms with Crippen LogP contribution < -0.4 is 11.1 Å². The fourth-order valence-electron chi connectivity index (χ4n) is 1.84. The molecular weight excluding hydrogens is 272 g/mol. The summed E-state index contributed by atoms with van der Waals surface area (Å²) in [4.78, 5) is 22.7. The van der Waals surface area contributed by atoms with E-state index in [9.17, 15) is 9.59 Å². The fourth-order valence-corrected chi connectivity index (χ4v) is 2.10. The number of amides is 1. The smallest absolute Gasteiger partial charge is 0.337 e. The van der Waals surface area contributed by atoms with Crippen LogP contribution in [0.3, 0.4) is 0 Å². The van der Waals surface area contributed by atoms with E-state index in [1.165, 1.54) is 18.2 Å². The molecule has 6 nitrogen and oxygen atoms in total. The maximum Gasteiger partial charge on any atom is 0.337 e. The molecule has 1 amide bonds. The van der Waals surface area contributed by atoms with Crippen LogP contribution in [0.1, 0.15) is 10.4 Å². The van der Waals surface area contributed by atoms with Crippen LogP contribution in [0, 0.1) is 5.92 Å². The molecule has 2 atom stereocenters. The number of rotatable bonds is 3. The number of hydrogen-bond donors (Lipinski definition) is 3. The first-order chi connectivity index (χ1) is 8.99. The number of carboxylic acids is 1. The largest absolute Gasteiger partial charge is 0.478 e. The summed E-state index contributed by atoms with van der Waals surface area (Å²) in [5, 5.41) is 11.6. The number of aromatic carboxylic acids is 1. The van der Waals surface area contributed by atoms with Crippen molar-refractivity contribution in [1.29, 1.82) is 0 Å². The lowest BCUT2D eigenvalue weighted by Gasteiger charge is -2.13. The Morgan fingerprint density at radius 2 is 2.16 bits per heavy atom. The van der Waals surface area contributed by atoms with Crippen LogP contribution in [0.5, 0.6) is 0 Å². The Hall–Kier alpha value is -1.63. The molecule has 1 aromatic carbocycles. The first-order valence-electron chi connectivity index (χ1n) is 5.66. The molecule has 2 rings (SSSR count). The normalized spacial score (nSPS) is 22.2. The second-order valence-corrected chi connectivity index (χ2v) is 4.70. The van der Waals surface area contributed by atoms with Gasteiger partial charge in [0.1, 0.15) is 0 Å². The minimum absolute atomic E-state index is 0.0134. The van der Waals surface area contributed by atoms with E-state index in [2.05, 4.69) is 5.32 Å². The maximum absolute atomic E-state index is 11.9. The van der Waals surface area contributed by atoms with Crippen LogP contribution >= 0.6 is 11.6 Å². The van der Waals surface area contributed by atoms with Gasteiger partial charge in [-0.25, -0.2) is 4.79 Å². The zero-order valence-electron chi connectivity index (χ0n) is 9.93. The third-order valence-corrected chi connectivity index (χ3v) is 3.24. The molecule has 1 aromatic rings.